The molecule has 0 saturated carbocycles. The number of aliphatic carboxylic acids is 1. The highest BCUT2D eigenvalue weighted by molar-refractivity contribution is 5.76. The number of fused-ring (bicyclic) bond motifs is 1. The molecule has 4 heterocycles. The average molecular weight is 511 g/mol. The Balaban J connectivity index is 0.00000320. The van der Waals surface area contributed by atoms with Gasteiger partial charge in [-0.25, -0.2) is 15.0 Å². The van der Waals surface area contributed by atoms with Crippen LogP contribution in [0.3, 0.4) is 0 Å². The van der Waals surface area contributed by atoms with E-state index in [-0.39, 0.29) is 11.9 Å². The van der Waals surface area contributed by atoms with E-state index in [1.54, 1.807) is 37.5 Å². The number of aryl methyl sites for hydroxylation is 1. The summed E-state index contributed by atoms with van der Waals surface area (Å²) in [6.45, 7) is 1.67. The van der Waals surface area contributed by atoms with Crippen molar-refractivity contribution in [2.75, 3.05) is 18.0 Å². The minimum absolute atomic E-state index is 0. The Labute approximate surface area is 212 Å². The number of halogens is 2. The van der Waals surface area contributed by atoms with E-state index in [9.17, 15) is 18.7 Å². The van der Waals surface area contributed by atoms with Gasteiger partial charge in [-0.1, -0.05) is 18.2 Å². The first-order valence-electron chi connectivity index (χ1n) is 11.5. The van der Waals surface area contributed by atoms with Crippen LogP contribution < -0.4 is 15.8 Å². The van der Waals surface area contributed by atoms with Gasteiger partial charge in [-0.2, -0.15) is 8.78 Å². The molecular weight excluding hydrogens is 482 g/mol. The number of carboxylic acid groups (broad SMARTS) is 1. The van der Waals surface area contributed by atoms with E-state index in [1.165, 1.54) is 6.07 Å². The fourth-order valence-electron chi connectivity index (χ4n) is 4.58. The van der Waals surface area contributed by atoms with Crippen LogP contribution in [0.2, 0.25) is 0 Å². The van der Waals surface area contributed by atoms with Gasteiger partial charge in [0.25, 0.3) is 0 Å². The Kier molecular flexibility index (Phi) is 7.08. The maximum atomic E-state index is 12.9. The summed E-state index contributed by atoms with van der Waals surface area (Å²) in [5, 5.41) is 9.47. The summed E-state index contributed by atoms with van der Waals surface area (Å²) in [6, 6.07) is 10.6. The lowest BCUT2D eigenvalue weighted by molar-refractivity contribution is -0.146. The highest BCUT2D eigenvalue weighted by Gasteiger charge is 2.41. The standard InChI is InChI=1S/C26H25F2N5O3.H3N/c1-16-20(11-17-5-3-4-6-21(17)36-24(27)28)33-14-18(7-8-22(33)31-16)19-12-29-25(30-13-19)32-10-9-26(2,15-32)23(34)35;/h3-8,12-14,24H,9-11,15H2,1-2H3,(H,34,35);1H3. The second-order valence-electron chi connectivity index (χ2n) is 9.26. The Morgan fingerprint density at radius 2 is 1.89 bits per heavy atom. The topological polar surface area (TPSA) is 128 Å². The SMILES string of the molecule is Cc1nc2ccc(-c3cnc(N4CCC(C)(C(=O)O)C4)nc3)cn2c1Cc1ccccc1OC(F)F.N. The number of ether oxygens (including phenoxy) is 1. The van der Waals surface area contributed by atoms with Crippen LogP contribution in [-0.4, -0.2) is 50.1 Å². The maximum absolute atomic E-state index is 12.9. The molecule has 1 saturated heterocycles. The van der Waals surface area contributed by atoms with E-state index in [2.05, 4.69) is 15.0 Å². The lowest BCUT2D eigenvalue weighted by atomic mass is 9.90. The van der Waals surface area contributed by atoms with Gasteiger partial charge in [0.2, 0.25) is 5.95 Å². The predicted molar refractivity (Wildman–Crippen MR) is 134 cm³/mol. The Morgan fingerprint density at radius 1 is 1.16 bits per heavy atom. The molecule has 3 aromatic heterocycles. The van der Waals surface area contributed by atoms with Crippen molar-refractivity contribution in [1.82, 2.24) is 25.5 Å². The van der Waals surface area contributed by atoms with E-state index >= 15 is 0 Å². The number of carbonyl (C=O) groups is 1. The summed E-state index contributed by atoms with van der Waals surface area (Å²) in [5.41, 5.74) is 3.88. The van der Waals surface area contributed by atoms with Crippen molar-refractivity contribution >= 4 is 17.6 Å². The molecule has 0 amide bonds. The minimum Gasteiger partial charge on any atom is -0.481 e. The molecule has 0 spiro atoms. The van der Waals surface area contributed by atoms with E-state index < -0.39 is 18.0 Å². The van der Waals surface area contributed by atoms with Crippen LogP contribution in [0, 0.1) is 12.3 Å². The van der Waals surface area contributed by atoms with E-state index in [1.807, 2.05) is 34.6 Å². The van der Waals surface area contributed by atoms with Gasteiger partial charge in [-0.3, -0.25) is 4.79 Å². The highest BCUT2D eigenvalue weighted by atomic mass is 19.3. The van der Waals surface area contributed by atoms with Crippen LogP contribution in [0.15, 0.2) is 55.0 Å². The zero-order valence-corrected chi connectivity index (χ0v) is 20.6. The predicted octanol–water partition coefficient (Wildman–Crippen LogP) is 4.75. The van der Waals surface area contributed by atoms with Crippen molar-refractivity contribution in [3.63, 3.8) is 0 Å². The van der Waals surface area contributed by atoms with Gasteiger partial charge < -0.3 is 25.3 Å². The lowest BCUT2D eigenvalue weighted by Gasteiger charge is -2.20. The zero-order chi connectivity index (χ0) is 25.4. The van der Waals surface area contributed by atoms with Crippen LogP contribution in [0.5, 0.6) is 5.75 Å². The third-order valence-corrected chi connectivity index (χ3v) is 6.71. The molecule has 0 aliphatic carbocycles. The zero-order valence-electron chi connectivity index (χ0n) is 20.6. The molecule has 1 aromatic carbocycles. The minimum atomic E-state index is -2.90. The Bertz CT molecular complexity index is 1430. The first kappa shape index (κ1) is 26.0. The summed E-state index contributed by atoms with van der Waals surface area (Å²) >= 11 is 0. The fraction of sp³-hybridized carbons (Fsp3) is 0.308. The highest BCUT2D eigenvalue weighted by Crippen LogP contribution is 2.32. The molecule has 4 aromatic rings. The fourth-order valence-corrected chi connectivity index (χ4v) is 4.58. The van der Waals surface area contributed by atoms with Crippen molar-refractivity contribution in [2.45, 2.75) is 33.3 Å². The molecule has 1 aliphatic rings. The number of hydrogen-bond acceptors (Lipinski definition) is 7. The summed E-state index contributed by atoms with van der Waals surface area (Å²) in [5.74, 6) is -0.174. The van der Waals surface area contributed by atoms with Gasteiger partial charge in [0.1, 0.15) is 11.4 Å². The number of carboxylic acids is 1. The van der Waals surface area contributed by atoms with Gasteiger partial charge in [-0.05, 0) is 38.5 Å². The monoisotopic (exact) mass is 510 g/mol. The van der Waals surface area contributed by atoms with E-state index in [4.69, 9.17) is 4.74 Å². The second-order valence-corrected chi connectivity index (χ2v) is 9.26. The van der Waals surface area contributed by atoms with Gasteiger partial charge in [0, 0.05) is 60.5 Å². The molecule has 194 valence electrons. The molecular formula is C26H28F2N6O3. The quantitative estimate of drug-likeness (QED) is 0.364. The molecule has 0 radical (unpaired) electrons. The van der Waals surface area contributed by atoms with Crippen molar-refractivity contribution < 1.29 is 23.4 Å². The third kappa shape index (κ3) is 5.08. The van der Waals surface area contributed by atoms with Crippen molar-refractivity contribution in [3.05, 3.63) is 71.9 Å². The van der Waals surface area contributed by atoms with Gasteiger partial charge in [0.05, 0.1) is 11.1 Å². The van der Waals surface area contributed by atoms with Crippen LogP contribution in [-0.2, 0) is 11.2 Å². The number of hydrogen-bond donors (Lipinski definition) is 2. The molecule has 0 bridgehead atoms. The van der Waals surface area contributed by atoms with Gasteiger partial charge >= 0.3 is 12.6 Å². The summed E-state index contributed by atoms with van der Waals surface area (Å²) in [7, 11) is 0. The molecule has 9 nitrogen and oxygen atoms in total. The largest absolute Gasteiger partial charge is 0.481 e. The first-order valence-corrected chi connectivity index (χ1v) is 11.5. The normalized spacial score (nSPS) is 17.3. The molecule has 1 atom stereocenters. The molecule has 4 N–H and O–H groups in total. The average Bonchev–Trinajstić information content (AvgIpc) is 3.40. The number of rotatable bonds is 7. The third-order valence-electron chi connectivity index (χ3n) is 6.71. The number of anilines is 1. The number of imidazole rings is 1. The molecule has 1 unspecified atom stereocenters. The van der Waals surface area contributed by atoms with Crippen molar-refractivity contribution in [3.8, 4) is 16.9 Å². The van der Waals surface area contributed by atoms with Crippen LogP contribution in [0.1, 0.15) is 30.3 Å². The first-order chi connectivity index (χ1) is 17.2. The number of aromatic nitrogens is 4. The summed E-state index contributed by atoms with van der Waals surface area (Å²) < 4.78 is 32.4. The van der Waals surface area contributed by atoms with E-state index in [0.29, 0.717) is 37.4 Å². The van der Waals surface area contributed by atoms with Crippen molar-refractivity contribution in [1.29, 1.82) is 0 Å². The van der Waals surface area contributed by atoms with Crippen LogP contribution >= 0.6 is 0 Å². The maximum Gasteiger partial charge on any atom is 0.387 e. The molecule has 1 aliphatic heterocycles. The van der Waals surface area contributed by atoms with Gasteiger partial charge in [0.15, 0.2) is 0 Å². The number of para-hydroxylation sites is 1. The molecule has 11 heteroatoms. The summed E-state index contributed by atoms with van der Waals surface area (Å²) in [4.78, 5) is 27.0. The van der Waals surface area contributed by atoms with Crippen LogP contribution in [0.4, 0.5) is 14.7 Å². The Morgan fingerprint density at radius 3 is 2.57 bits per heavy atom. The van der Waals surface area contributed by atoms with Crippen molar-refractivity contribution in [2.24, 2.45) is 5.41 Å². The number of nitrogens with zero attached hydrogens (tertiary/aromatic N) is 5. The van der Waals surface area contributed by atoms with Crippen LogP contribution in [0.25, 0.3) is 16.8 Å². The molecule has 1 fully saturated rings. The van der Waals surface area contributed by atoms with E-state index in [0.717, 1.165) is 28.2 Å². The molecule has 5 rings (SSSR count). The van der Waals surface area contributed by atoms with Gasteiger partial charge in [-0.15, -0.1) is 0 Å². The Hall–Kier alpha value is -4.12. The number of pyridine rings is 1. The number of alkyl halides is 2. The molecule has 37 heavy (non-hydrogen) atoms. The second kappa shape index (κ2) is 10.1. The summed E-state index contributed by atoms with van der Waals surface area (Å²) in [6.07, 6.45) is 6.27. The smallest absolute Gasteiger partial charge is 0.387 e. The lowest BCUT2D eigenvalue weighted by Crippen LogP contribution is -2.32. The number of benzene rings is 1.